The number of carbonyl (C=O) groups is 4. The molecule has 2 atom stereocenters. The zero-order valence-corrected chi connectivity index (χ0v) is 35.5. The van der Waals surface area contributed by atoms with Crippen LogP contribution in [0.1, 0.15) is 128 Å². The van der Waals surface area contributed by atoms with Gasteiger partial charge in [0.1, 0.15) is 0 Å². The Balaban J connectivity index is 0.000000184. The minimum absolute atomic E-state index is 0.123. The van der Waals surface area contributed by atoms with Crippen molar-refractivity contribution < 1.29 is 19.2 Å². The van der Waals surface area contributed by atoms with Crippen LogP contribution in [0.2, 0.25) is 0 Å². The number of benzene rings is 4. The van der Waals surface area contributed by atoms with Crippen LogP contribution in [0.4, 0.5) is 0 Å². The molecular formula is C51H56N6O4. The first-order chi connectivity index (χ1) is 29.6. The highest BCUT2D eigenvalue weighted by Crippen LogP contribution is 2.36. The third kappa shape index (κ3) is 10.6. The Hall–Kier alpha value is -6.26. The van der Waals surface area contributed by atoms with Crippen molar-refractivity contribution in [2.75, 3.05) is 33.7 Å². The standard InChI is InChI=1S/C26H29N3O2.C25H27N3O2/c1-28(25(30)23-8-4-6-20(16-23)17-27)18-19-11-13-22(14-12-19)26(31)29-15-5-9-21-7-2-3-10-24(21)29;1-27(24(29)23-4-2-3-21(13-23)14-26)15-18-9-11-22(12-10-18)25(30)28-16-19-5-6-20(17-28)8-7-19/h4,6,8,11-14,16,21,24H,2-3,5,7,9-10,15,18H2,1H3;2-4,9-13,19-20H,5-8,15-17H2,1H3. The molecule has 3 heterocycles. The fourth-order valence-electron chi connectivity index (χ4n) is 9.77. The van der Waals surface area contributed by atoms with Gasteiger partial charge in [0.05, 0.1) is 23.3 Å². The molecule has 0 radical (unpaired) electrons. The molecular weight excluding hydrogens is 761 g/mol. The quantitative estimate of drug-likeness (QED) is 0.175. The average Bonchev–Trinajstić information content (AvgIpc) is 3.65. The highest BCUT2D eigenvalue weighted by molar-refractivity contribution is 5.96. The normalized spacial score (nSPS) is 20.4. The first kappa shape index (κ1) is 42.8. The van der Waals surface area contributed by atoms with Crippen LogP contribution < -0.4 is 0 Å². The van der Waals surface area contributed by atoms with Crippen LogP contribution in [0, 0.1) is 40.4 Å². The van der Waals surface area contributed by atoms with Crippen LogP contribution in [-0.2, 0) is 13.1 Å². The molecule has 5 fully saturated rings. The molecule has 2 aliphatic carbocycles. The lowest BCUT2D eigenvalue weighted by Crippen LogP contribution is -2.49. The Bertz CT molecular complexity index is 2270. The first-order valence-electron chi connectivity index (χ1n) is 21.9. The Labute approximate surface area is 360 Å². The van der Waals surface area contributed by atoms with E-state index < -0.39 is 0 Å². The number of hydrogen-bond donors (Lipinski definition) is 0. The van der Waals surface area contributed by atoms with Gasteiger partial charge in [0.2, 0.25) is 0 Å². The third-order valence-corrected chi connectivity index (χ3v) is 13.1. The molecule has 4 aromatic carbocycles. The summed E-state index contributed by atoms with van der Waals surface area (Å²) in [4.78, 5) is 58.9. The monoisotopic (exact) mass is 816 g/mol. The molecule has 0 aromatic heterocycles. The molecule has 61 heavy (non-hydrogen) atoms. The molecule has 3 aliphatic heterocycles. The van der Waals surface area contributed by atoms with Crippen LogP contribution >= 0.6 is 0 Å². The van der Waals surface area contributed by atoms with Gasteiger partial charge in [-0.15, -0.1) is 0 Å². The van der Waals surface area contributed by atoms with Crippen molar-refractivity contribution in [1.82, 2.24) is 19.6 Å². The van der Waals surface area contributed by atoms with Gasteiger partial charge < -0.3 is 19.6 Å². The number of likely N-dealkylation sites (tertiary alicyclic amines) is 1. The zero-order chi connectivity index (χ0) is 42.9. The summed E-state index contributed by atoms with van der Waals surface area (Å²) in [6.45, 7) is 3.52. The number of amides is 4. The molecule has 4 aromatic rings. The second kappa shape index (κ2) is 19.9. The van der Waals surface area contributed by atoms with Crippen LogP contribution in [0.3, 0.4) is 0 Å². The smallest absolute Gasteiger partial charge is 0.254 e. The molecule has 4 amide bonds. The molecule has 10 heteroatoms. The number of fused-ring (bicyclic) bond motifs is 5. The summed E-state index contributed by atoms with van der Waals surface area (Å²) in [7, 11) is 3.49. The number of rotatable bonds is 8. The van der Waals surface area contributed by atoms with Gasteiger partial charge in [-0.05, 0) is 141 Å². The van der Waals surface area contributed by atoms with E-state index in [0.717, 1.165) is 54.7 Å². The molecule has 5 aliphatic rings. The summed E-state index contributed by atoms with van der Waals surface area (Å²) in [5, 5.41) is 18.1. The van der Waals surface area contributed by atoms with E-state index in [-0.39, 0.29) is 23.6 Å². The highest BCUT2D eigenvalue weighted by Gasteiger charge is 2.36. The van der Waals surface area contributed by atoms with Crippen molar-refractivity contribution in [3.8, 4) is 12.1 Å². The van der Waals surface area contributed by atoms with Gasteiger partial charge in [-0.25, -0.2) is 0 Å². The number of nitriles is 2. The maximum atomic E-state index is 13.2. The number of piperidine rings is 1. The molecule has 2 unspecified atom stereocenters. The van der Waals surface area contributed by atoms with Crippen LogP contribution in [0.25, 0.3) is 0 Å². The summed E-state index contributed by atoms with van der Waals surface area (Å²) in [5.74, 6) is 1.99. The summed E-state index contributed by atoms with van der Waals surface area (Å²) in [6.07, 6.45) is 12.3. The van der Waals surface area contributed by atoms with Gasteiger partial charge in [-0.2, -0.15) is 10.5 Å². The second-order valence-electron chi connectivity index (χ2n) is 17.5. The largest absolute Gasteiger partial charge is 0.338 e. The van der Waals surface area contributed by atoms with Gasteiger partial charge in [-0.1, -0.05) is 49.2 Å². The highest BCUT2D eigenvalue weighted by atomic mass is 16.2. The molecule has 10 nitrogen and oxygen atoms in total. The maximum absolute atomic E-state index is 13.2. The average molecular weight is 817 g/mol. The number of hydrogen-bond acceptors (Lipinski definition) is 6. The Morgan fingerprint density at radius 1 is 0.574 bits per heavy atom. The van der Waals surface area contributed by atoms with E-state index in [0.29, 0.717) is 59.1 Å². The van der Waals surface area contributed by atoms with E-state index in [4.69, 9.17) is 10.5 Å². The van der Waals surface area contributed by atoms with Crippen molar-refractivity contribution in [1.29, 1.82) is 10.5 Å². The minimum atomic E-state index is -0.132. The van der Waals surface area contributed by atoms with Gasteiger partial charge in [0.25, 0.3) is 23.6 Å². The topological polar surface area (TPSA) is 129 Å². The van der Waals surface area contributed by atoms with E-state index in [1.807, 2.05) is 53.4 Å². The Morgan fingerprint density at radius 2 is 1.03 bits per heavy atom. The second-order valence-corrected chi connectivity index (χ2v) is 17.5. The van der Waals surface area contributed by atoms with Crippen molar-refractivity contribution in [2.24, 2.45) is 17.8 Å². The summed E-state index contributed by atoms with van der Waals surface area (Å²) < 4.78 is 0. The lowest BCUT2D eigenvalue weighted by atomic mass is 9.78. The van der Waals surface area contributed by atoms with Gasteiger partial charge in [-0.3, -0.25) is 19.2 Å². The van der Waals surface area contributed by atoms with Crippen molar-refractivity contribution in [3.63, 3.8) is 0 Å². The van der Waals surface area contributed by atoms with Crippen LogP contribution in [0.15, 0.2) is 97.1 Å². The van der Waals surface area contributed by atoms with Crippen LogP contribution in [-0.4, -0.2) is 83.0 Å². The van der Waals surface area contributed by atoms with Gasteiger partial charge in [0.15, 0.2) is 0 Å². The fourth-order valence-corrected chi connectivity index (χ4v) is 9.77. The summed E-state index contributed by atoms with van der Waals surface area (Å²) in [6, 6.07) is 33.2. The Morgan fingerprint density at radius 3 is 1.52 bits per heavy atom. The predicted molar refractivity (Wildman–Crippen MR) is 234 cm³/mol. The van der Waals surface area contributed by atoms with Gasteiger partial charge >= 0.3 is 0 Å². The van der Waals surface area contributed by atoms with Crippen LogP contribution in [0.5, 0.6) is 0 Å². The van der Waals surface area contributed by atoms with E-state index in [2.05, 4.69) is 17.0 Å². The molecule has 0 spiro atoms. The molecule has 2 bridgehead atoms. The van der Waals surface area contributed by atoms with E-state index in [9.17, 15) is 19.2 Å². The SMILES string of the molecule is CN(Cc1ccc(C(=O)N2CC3CCC(CC3)C2)cc1)C(=O)c1cccc(C#N)c1.CN(Cc1ccc(C(=O)N2CCCC3CCCCC32)cc1)C(=O)c1cccc(C#N)c1. The molecule has 2 saturated carbocycles. The van der Waals surface area contributed by atoms with Crippen molar-refractivity contribution in [2.45, 2.75) is 83.3 Å². The lowest BCUT2D eigenvalue weighted by Gasteiger charge is -2.44. The molecule has 314 valence electrons. The third-order valence-electron chi connectivity index (χ3n) is 13.1. The summed E-state index contributed by atoms with van der Waals surface area (Å²) >= 11 is 0. The Kier molecular flexibility index (Phi) is 14.0. The molecule has 9 rings (SSSR count). The van der Waals surface area contributed by atoms with Gasteiger partial charge in [0, 0.05) is 75.1 Å². The number of nitrogens with zero attached hydrogens (tertiary/aromatic N) is 6. The summed E-state index contributed by atoms with van der Waals surface area (Å²) in [5.41, 5.74) is 5.33. The van der Waals surface area contributed by atoms with Crippen molar-refractivity contribution in [3.05, 3.63) is 142 Å². The maximum Gasteiger partial charge on any atom is 0.254 e. The first-order valence-corrected chi connectivity index (χ1v) is 21.9. The fraction of sp³-hybridized carbons (Fsp3) is 0.412. The molecule has 3 saturated heterocycles. The van der Waals surface area contributed by atoms with Crippen molar-refractivity contribution >= 4 is 23.6 Å². The van der Waals surface area contributed by atoms with E-state index in [1.54, 1.807) is 72.4 Å². The minimum Gasteiger partial charge on any atom is -0.338 e. The zero-order valence-electron chi connectivity index (χ0n) is 35.5. The predicted octanol–water partition coefficient (Wildman–Crippen LogP) is 8.72. The lowest BCUT2D eigenvalue weighted by molar-refractivity contribution is 0.0390. The number of carbonyl (C=O) groups excluding carboxylic acids is 4. The van der Waals surface area contributed by atoms with E-state index in [1.165, 1.54) is 51.4 Å². The van der Waals surface area contributed by atoms with E-state index >= 15 is 0 Å². The molecule has 0 N–H and O–H groups in total.